The van der Waals surface area contributed by atoms with Crippen molar-refractivity contribution in [2.24, 2.45) is 17.8 Å². The molecule has 1 saturated heterocycles. The average Bonchev–Trinajstić information content (AvgIpc) is 3.28. The number of carbonyl (C=O) groups excluding carboxylic acids is 1. The van der Waals surface area contributed by atoms with Gasteiger partial charge in [-0.25, -0.2) is 0 Å². The highest BCUT2D eigenvalue weighted by Gasteiger charge is 2.50. The van der Waals surface area contributed by atoms with Gasteiger partial charge in [0.25, 0.3) is 0 Å². The maximum absolute atomic E-state index is 11.9. The number of rotatable bonds is 6. The van der Waals surface area contributed by atoms with E-state index in [0.717, 1.165) is 38.6 Å². The van der Waals surface area contributed by atoms with E-state index in [-0.39, 0.29) is 11.8 Å². The third kappa shape index (κ3) is 3.68. The van der Waals surface area contributed by atoms with Crippen molar-refractivity contribution >= 4 is 5.91 Å². The lowest BCUT2D eigenvalue weighted by molar-refractivity contribution is -0.123. The van der Waals surface area contributed by atoms with Crippen LogP contribution >= 0.6 is 0 Å². The maximum Gasteiger partial charge on any atom is 0.223 e. The second-order valence-electron chi connectivity index (χ2n) is 6.16. The molecule has 5 heteroatoms. The molecular weight excluding hydrogens is 244 g/mol. The smallest absolute Gasteiger partial charge is 0.223 e. The zero-order chi connectivity index (χ0) is 13.2. The Bertz CT molecular complexity index is 327. The molecule has 5 nitrogen and oxygen atoms in total. The van der Waals surface area contributed by atoms with Crippen molar-refractivity contribution in [3.05, 3.63) is 0 Å². The Balaban J connectivity index is 1.31. The van der Waals surface area contributed by atoms with Crippen LogP contribution in [0.15, 0.2) is 0 Å². The summed E-state index contributed by atoms with van der Waals surface area (Å²) in [5.41, 5.74) is 0. The van der Waals surface area contributed by atoms with Crippen LogP contribution in [-0.4, -0.2) is 61.4 Å². The SMILES string of the molecule is O=C(NCC(O)CN1CCOCC1)C1CC1C1CC1. The molecule has 2 aliphatic carbocycles. The van der Waals surface area contributed by atoms with Gasteiger partial charge in [0, 0.05) is 32.1 Å². The molecule has 108 valence electrons. The number of ether oxygens (including phenoxy) is 1. The fourth-order valence-electron chi connectivity index (χ4n) is 3.06. The first-order valence-corrected chi connectivity index (χ1v) is 7.50. The first-order chi connectivity index (χ1) is 9.24. The Morgan fingerprint density at radius 2 is 2.11 bits per heavy atom. The summed E-state index contributed by atoms with van der Waals surface area (Å²) < 4.78 is 5.27. The predicted molar refractivity (Wildman–Crippen MR) is 70.6 cm³/mol. The van der Waals surface area contributed by atoms with Crippen LogP contribution in [0.2, 0.25) is 0 Å². The van der Waals surface area contributed by atoms with Gasteiger partial charge in [0.05, 0.1) is 19.3 Å². The minimum absolute atomic E-state index is 0.151. The largest absolute Gasteiger partial charge is 0.390 e. The molecule has 1 amide bonds. The number of aliphatic hydroxyl groups is 1. The lowest BCUT2D eigenvalue weighted by atomic mass is 10.2. The highest BCUT2D eigenvalue weighted by atomic mass is 16.5. The van der Waals surface area contributed by atoms with Crippen LogP contribution in [0.5, 0.6) is 0 Å². The summed E-state index contributed by atoms with van der Waals surface area (Å²) in [6.45, 7) is 4.23. The molecule has 0 aromatic carbocycles. The van der Waals surface area contributed by atoms with Crippen molar-refractivity contribution in [2.75, 3.05) is 39.4 Å². The normalized spacial score (nSPS) is 32.9. The van der Waals surface area contributed by atoms with Crippen LogP contribution in [0.3, 0.4) is 0 Å². The number of nitrogens with zero attached hydrogens (tertiary/aromatic N) is 1. The van der Waals surface area contributed by atoms with Crippen molar-refractivity contribution < 1.29 is 14.6 Å². The van der Waals surface area contributed by atoms with Gasteiger partial charge in [-0.2, -0.15) is 0 Å². The van der Waals surface area contributed by atoms with Crippen LogP contribution in [0, 0.1) is 17.8 Å². The topological polar surface area (TPSA) is 61.8 Å². The zero-order valence-electron chi connectivity index (χ0n) is 11.4. The molecule has 1 heterocycles. The molecule has 0 radical (unpaired) electrons. The van der Waals surface area contributed by atoms with Crippen molar-refractivity contribution in [1.82, 2.24) is 10.2 Å². The number of carbonyl (C=O) groups is 1. The van der Waals surface area contributed by atoms with Gasteiger partial charge in [0.2, 0.25) is 5.91 Å². The van der Waals surface area contributed by atoms with Crippen molar-refractivity contribution in [2.45, 2.75) is 25.4 Å². The molecule has 3 unspecified atom stereocenters. The molecule has 0 aromatic rings. The predicted octanol–water partition coefficient (Wildman–Crippen LogP) is -0.158. The van der Waals surface area contributed by atoms with E-state index < -0.39 is 6.10 Å². The molecule has 0 aromatic heterocycles. The number of aliphatic hydroxyl groups excluding tert-OH is 1. The Hall–Kier alpha value is -0.650. The molecule has 3 aliphatic rings. The number of β-amino-alcohol motifs (C(OH)–C–C–N with tert-alkyl or cyclic N) is 1. The molecule has 0 spiro atoms. The summed E-state index contributed by atoms with van der Waals surface area (Å²) >= 11 is 0. The molecule has 2 N–H and O–H groups in total. The fraction of sp³-hybridized carbons (Fsp3) is 0.929. The van der Waals surface area contributed by atoms with Crippen LogP contribution in [0.25, 0.3) is 0 Å². The van der Waals surface area contributed by atoms with E-state index in [1.54, 1.807) is 0 Å². The number of hydrogen-bond acceptors (Lipinski definition) is 4. The van der Waals surface area contributed by atoms with Gasteiger partial charge < -0.3 is 15.2 Å². The summed E-state index contributed by atoms with van der Waals surface area (Å²) in [6.07, 6.45) is 3.22. The van der Waals surface area contributed by atoms with Gasteiger partial charge in [-0.1, -0.05) is 0 Å². The van der Waals surface area contributed by atoms with E-state index in [1.165, 1.54) is 12.8 Å². The quantitative estimate of drug-likeness (QED) is 0.703. The second kappa shape index (κ2) is 5.77. The van der Waals surface area contributed by atoms with E-state index in [1.807, 2.05) is 0 Å². The molecule has 1 aliphatic heterocycles. The van der Waals surface area contributed by atoms with Gasteiger partial charge in [-0.05, 0) is 31.1 Å². The Kier molecular flexibility index (Phi) is 4.05. The number of amides is 1. The Labute approximate surface area is 114 Å². The summed E-state index contributed by atoms with van der Waals surface area (Å²) in [5, 5.41) is 12.8. The van der Waals surface area contributed by atoms with Gasteiger partial charge in [-0.15, -0.1) is 0 Å². The van der Waals surface area contributed by atoms with Crippen molar-refractivity contribution in [3.63, 3.8) is 0 Å². The summed E-state index contributed by atoms with van der Waals surface area (Å²) in [6, 6.07) is 0. The summed E-state index contributed by atoms with van der Waals surface area (Å²) in [4.78, 5) is 14.1. The highest BCUT2D eigenvalue weighted by Crippen LogP contribution is 2.54. The van der Waals surface area contributed by atoms with E-state index in [4.69, 9.17) is 4.74 Å². The van der Waals surface area contributed by atoms with E-state index in [9.17, 15) is 9.90 Å². The van der Waals surface area contributed by atoms with Crippen LogP contribution in [0.4, 0.5) is 0 Å². The number of hydrogen-bond donors (Lipinski definition) is 2. The molecule has 3 rings (SSSR count). The summed E-state index contributed by atoms with van der Waals surface area (Å²) in [7, 11) is 0. The molecular formula is C14H24N2O3. The highest BCUT2D eigenvalue weighted by molar-refractivity contribution is 5.81. The van der Waals surface area contributed by atoms with Gasteiger partial charge in [-0.3, -0.25) is 9.69 Å². The monoisotopic (exact) mass is 268 g/mol. The average molecular weight is 268 g/mol. The van der Waals surface area contributed by atoms with Gasteiger partial charge >= 0.3 is 0 Å². The van der Waals surface area contributed by atoms with Gasteiger partial charge in [0.15, 0.2) is 0 Å². The lowest BCUT2D eigenvalue weighted by Crippen LogP contribution is -2.44. The Morgan fingerprint density at radius 1 is 1.37 bits per heavy atom. The molecule has 3 fully saturated rings. The van der Waals surface area contributed by atoms with Crippen molar-refractivity contribution in [1.29, 1.82) is 0 Å². The van der Waals surface area contributed by atoms with Crippen LogP contribution in [-0.2, 0) is 9.53 Å². The van der Waals surface area contributed by atoms with E-state index in [2.05, 4.69) is 10.2 Å². The lowest BCUT2D eigenvalue weighted by Gasteiger charge is -2.28. The molecule has 2 saturated carbocycles. The van der Waals surface area contributed by atoms with Gasteiger partial charge in [0.1, 0.15) is 0 Å². The molecule has 19 heavy (non-hydrogen) atoms. The first kappa shape index (κ1) is 13.3. The number of nitrogens with one attached hydrogen (secondary N) is 1. The Morgan fingerprint density at radius 3 is 2.79 bits per heavy atom. The zero-order valence-corrected chi connectivity index (χ0v) is 11.4. The number of morpholine rings is 1. The van der Waals surface area contributed by atoms with Crippen LogP contribution < -0.4 is 5.32 Å². The first-order valence-electron chi connectivity index (χ1n) is 7.50. The van der Waals surface area contributed by atoms with E-state index in [0.29, 0.717) is 19.0 Å². The third-order valence-corrected chi connectivity index (χ3v) is 4.49. The minimum atomic E-state index is -0.472. The van der Waals surface area contributed by atoms with Crippen molar-refractivity contribution in [3.8, 4) is 0 Å². The fourth-order valence-corrected chi connectivity index (χ4v) is 3.06. The summed E-state index contributed by atoms with van der Waals surface area (Å²) in [5.74, 6) is 1.87. The molecule has 0 bridgehead atoms. The maximum atomic E-state index is 11.9. The molecule has 3 atom stereocenters. The van der Waals surface area contributed by atoms with Crippen LogP contribution in [0.1, 0.15) is 19.3 Å². The standard InChI is InChI=1S/C14H24N2O3/c17-11(9-16-3-5-19-6-4-16)8-15-14(18)13-7-12(13)10-1-2-10/h10-13,17H,1-9H2,(H,15,18). The third-order valence-electron chi connectivity index (χ3n) is 4.49. The minimum Gasteiger partial charge on any atom is -0.390 e. The second-order valence-corrected chi connectivity index (χ2v) is 6.16. The van der Waals surface area contributed by atoms with E-state index >= 15 is 0 Å².